The van der Waals surface area contributed by atoms with Gasteiger partial charge in [-0.15, -0.1) is 0 Å². The maximum atomic E-state index is 13.7. The van der Waals surface area contributed by atoms with Crippen LogP contribution in [0.15, 0.2) is 5.16 Å². The number of piperidine rings is 1. The van der Waals surface area contributed by atoms with E-state index in [-0.39, 0.29) is 24.4 Å². The largest absolute Gasteiger partial charge is 0.462 e. The van der Waals surface area contributed by atoms with Crippen LogP contribution in [0.4, 0.5) is 14.6 Å². The lowest BCUT2D eigenvalue weighted by Gasteiger charge is -2.34. The van der Waals surface area contributed by atoms with Gasteiger partial charge in [-0.25, -0.2) is 23.5 Å². The van der Waals surface area contributed by atoms with Crippen molar-refractivity contribution in [1.29, 1.82) is 0 Å². The van der Waals surface area contributed by atoms with Crippen molar-refractivity contribution in [2.24, 2.45) is 0 Å². The normalized spacial score (nSPS) is 17.4. The van der Waals surface area contributed by atoms with Crippen LogP contribution in [0.1, 0.15) is 35.8 Å². The predicted molar refractivity (Wildman–Crippen MR) is 80.9 cm³/mol. The van der Waals surface area contributed by atoms with Gasteiger partial charge in [0.2, 0.25) is 0 Å². The van der Waals surface area contributed by atoms with E-state index in [1.54, 1.807) is 20.1 Å². The number of aryl methyl sites for hydroxylation is 1. The number of rotatable bonds is 4. The summed E-state index contributed by atoms with van der Waals surface area (Å²) in [7, 11) is 0. The third-order valence-corrected chi connectivity index (χ3v) is 3.95. The second-order valence-electron chi connectivity index (χ2n) is 5.10. The standard InChI is InChI=1S/C14H19F2N3O2S/c1-4-21-12(20)10-9(2)17-13(22-3)18-11(10)19-7-5-6-14(15,16)8-19/h4-8H2,1-3H3. The molecule has 0 radical (unpaired) electrons. The molecule has 0 spiro atoms. The second-order valence-corrected chi connectivity index (χ2v) is 5.87. The zero-order chi connectivity index (χ0) is 16.3. The first-order chi connectivity index (χ1) is 10.4. The molecular formula is C14H19F2N3O2S. The van der Waals surface area contributed by atoms with E-state index in [0.29, 0.717) is 23.8 Å². The van der Waals surface area contributed by atoms with Gasteiger partial charge < -0.3 is 9.64 Å². The van der Waals surface area contributed by atoms with Crippen LogP contribution in [0.2, 0.25) is 0 Å². The maximum absolute atomic E-state index is 13.7. The highest BCUT2D eigenvalue weighted by atomic mass is 32.2. The van der Waals surface area contributed by atoms with E-state index < -0.39 is 18.4 Å². The summed E-state index contributed by atoms with van der Waals surface area (Å²) in [4.78, 5) is 22.1. The number of ether oxygens (including phenoxy) is 1. The van der Waals surface area contributed by atoms with E-state index >= 15 is 0 Å². The van der Waals surface area contributed by atoms with Gasteiger partial charge in [-0.2, -0.15) is 0 Å². The number of esters is 1. The van der Waals surface area contributed by atoms with Crippen LogP contribution < -0.4 is 4.90 Å². The van der Waals surface area contributed by atoms with Crippen molar-refractivity contribution in [2.45, 2.75) is 37.8 Å². The number of carbonyl (C=O) groups excluding carboxylic acids is 1. The average molecular weight is 331 g/mol. The average Bonchev–Trinajstić information content (AvgIpc) is 2.45. The van der Waals surface area contributed by atoms with Crippen molar-refractivity contribution in [1.82, 2.24) is 9.97 Å². The second kappa shape index (κ2) is 6.76. The smallest absolute Gasteiger partial charge is 0.343 e. The van der Waals surface area contributed by atoms with Gasteiger partial charge in [0.25, 0.3) is 5.92 Å². The van der Waals surface area contributed by atoms with Crippen LogP contribution >= 0.6 is 11.8 Å². The number of alkyl halides is 2. The summed E-state index contributed by atoms with van der Waals surface area (Å²) in [5.74, 6) is -3.10. The summed E-state index contributed by atoms with van der Waals surface area (Å²) < 4.78 is 32.4. The van der Waals surface area contributed by atoms with Gasteiger partial charge in [-0.3, -0.25) is 0 Å². The Hall–Kier alpha value is -1.44. The van der Waals surface area contributed by atoms with Gasteiger partial charge in [-0.1, -0.05) is 11.8 Å². The molecule has 0 aromatic carbocycles. The van der Waals surface area contributed by atoms with E-state index in [1.807, 2.05) is 0 Å². The molecule has 1 fully saturated rings. The first kappa shape index (κ1) is 16.9. The summed E-state index contributed by atoms with van der Waals surface area (Å²) in [6, 6.07) is 0. The number of aromatic nitrogens is 2. The number of hydrogen-bond donors (Lipinski definition) is 0. The topological polar surface area (TPSA) is 55.3 Å². The van der Waals surface area contributed by atoms with Crippen molar-refractivity contribution in [3.05, 3.63) is 11.3 Å². The molecule has 1 aliphatic heterocycles. The van der Waals surface area contributed by atoms with Crippen LogP contribution in [0.3, 0.4) is 0 Å². The molecule has 0 saturated carbocycles. The molecule has 1 aliphatic rings. The Labute approximate surface area is 132 Å². The Bertz CT molecular complexity index is 569. The van der Waals surface area contributed by atoms with Crippen LogP contribution in [0.25, 0.3) is 0 Å². The molecule has 8 heteroatoms. The molecule has 5 nitrogen and oxygen atoms in total. The Kier molecular flexibility index (Phi) is 5.20. The molecule has 0 atom stereocenters. The van der Waals surface area contributed by atoms with E-state index in [0.717, 1.165) is 0 Å². The third-order valence-electron chi connectivity index (χ3n) is 3.40. The fraction of sp³-hybridized carbons (Fsp3) is 0.643. The number of thioether (sulfide) groups is 1. The summed E-state index contributed by atoms with van der Waals surface area (Å²) in [6.07, 6.45) is 2.01. The van der Waals surface area contributed by atoms with Crippen LogP contribution in [0, 0.1) is 6.92 Å². The molecular weight excluding hydrogens is 312 g/mol. The number of nitrogens with zero attached hydrogens (tertiary/aromatic N) is 3. The Morgan fingerprint density at radius 3 is 2.77 bits per heavy atom. The first-order valence-electron chi connectivity index (χ1n) is 7.10. The number of hydrogen-bond acceptors (Lipinski definition) is 6. The number of halogens is 2. The lowest BCUT2D eigenvalue weighted by molar-refractivity contribution is -0.0120. The fourth-order valence-corrected chi connectivity index (χ4v) is 2.85. The number of carbonyl (C=O) groups is 1. The van der Waals surface area contributed by atoms with Crippen molar-refractivity contribution in [2.75, 3.05) is 30.9 Å². The predicted octanol–water partition coefficient (Wildman–Crippen LogP) is 2.92. The molecule has 2 rings (SSSR count). The minimum absolute atomic E-state index is 0.141. The van der Waals surface area contributed by atoms with Crippen molar-refractivity contribution >= 4 is 23.5 Å². The Balaban J connectivity index is 2.47. The molecule has 122 valence electrons. The molecule has 0 bridgehead atoms. The van der Waals surface area contributed by atoms with Crippen LogP contribution in [-0.2, 0) is 4.74 Å². The number of anilines is 1. The van der Waals surface area contributed by atoms with Gasteiger partial charge >= 0.3 is 5.97 Å². The maximum Gasteiger partial charge on any atom is 0.343 e. The lowest BCUT2D eigenvalue weighted by atomic mass is 10.1. The van der Waals surface area contributed by atoms with Crippen molar-refractivity contribution in [3.63, 3.8) is 0 Å². The van der Waals surface area contributed by atoms with Crippen LogP contribution in [-0.4, -0.2) is 47.8 Å². The Morgan fingerprint density at radius 1 is 1.45 bits per heavy atom. The van der Waals surface area contributed by atoms with Gasteiger partial charge in [0, 0.05) is 13.0 Å². The van der Waals surface area contributed by atoms with Gasteiger partial charge in [-0.05, 0) is 26.5 Å². The molecule has 1 aromatic rings. The monoisotopic (exact) mass is 331 g/mol. The summed E-state index contributed by atoms with van der Waals surface area (Å²) in [5, 5.41) is 0.453. The quantitative estimate of drug-likeness (QED) is 0.480. The summed E-state index contributed by atoms with van der Waals surface area (Å²) in [5.41, 5.74) is 0.624. The van der Waals surface area contributed by atoms with E-state index in [1.165, 1.54) is 16.7 Å². The van der Waals surface area contributed by atoms with Gasteiger partial charge in [0.1, 0.15) is 11.4 Å². The summed E-state index contributed by atoms with van der Waals surface area (Å²) >= 11 is 1.31. The SMILES string of the molecule is CCOC(=O)c1c(C)nc(SC)nc1N1CCCC(F)(F)C1. The zero-order valence-electron chi connectivity index (χ0n) is 12.9. The summed E-state index contributed by atoms with van der Waals surface area (Å²) in [6.45, 7) is 3.56. The fourth-order valence-electron chi connectivity index (χ4n) is 2.44. The molecule has 22 heavy (non-hydrogen) atoms. The van der Waals surface area contributed by atoms with Gasteiger partial charge in [0.15, 0.2) is 5.16 Å². The first-order valence-corrected chi connectivity index (χ1v) is 8.33. The third kappa shape index (κ3) is 3.66. The molecule has 1 saturated heterocycles. The molecule has 2 heterocycles. The highest BCUT2D eigenvalue weighted by Crippen LogP contribution is 2.32. The molecule has 0 unspecified atom stereocenters. The minimum Gasteiger partial charge on any atom is -0.462 e. The van der Waals surface area contributed by atoms with Crippen molar-refractivity contribution in [3.8, 4) is 0 Å². The van der Waals surface area contributed by atoms with E-state index in [4.69, 9.17) is 4.74 Å². The highest BCUT2D eigenvalue weighted by molar-refractivity contribution is 7.98. The lowest BCUT2D eigenvalue weighted by Crippen LogP contribution is -2.44. The molecule has 0 N–H and O–H groups in total. The van der Waals surface area contributed by atoms with Crippen molar-refractivity contribution < 1.29 is 18.3 Å². The van der Waals surface area contributed by atoms with E-state index in [2.05, 4.69) is 9.97 Å². The van der Waals surface area contributed by atoms with Gasteiger partial charge in [0.05, 0.1) is 18.8 Å². The Morgan fingerprint density at radius 2 is 2.18 bits per heavy atom. The molecule has 1 aromatic heterocycles. The highest BCUT2D eigenvalue weighted by Gasteiger charge is 2.37. The van der Waals surface area contributed by atoms with E-state index in [9.17, 15) is 13.6 Å². The van der Waals surface area contributed by atoms with Crippen LogP contribution in [0.5, 0.6) is 0 Å². The minimum atomic E-state index is -2.78. The molecule has 0 amide bonds. The molecule has 0 aliphatic carbocycles. The zero-order valence-corrected chi connectivity index (χ0v) is 13.7.